The lowest BCUT2D eigenvalue weighted by atomic mass is 9.98. The maximum absolute atomic E-state index is 10.2. The number of isocyanates is 1. The van der Waals surface area contributed by atoms with Gasteiger partial charge in [-0.2, -0.15) is 0 Å². The van der Waals surface area contributed by atoms with Crippen molar-refractivity contribution < 1.29 is 19.4 Å². The molecule has 0 radical (unpaired) electrons. The molecule has 0 unspecified atom stereocenters. The van der Waals surface area contributed by atoms with Gasteiger partial charge in [0.05, 0.1) is 19.8 Å². The fourth-order valence-corrected chi connectivity index (χ4v) is 2.46. The minimum atomic E-state index is 0.184. The van der Waals surface area contributed by atoms with Crippen molar-refractivity contribution in [2.75, 3.05) is 13.2 Å². The predicted molar refractivity (Wildman–Crippen MR) is 58.3 cm³/mol. The van der Waals surface area contributed by atoms with Crippen molar-refractivity contribution in [3.05, 3.63) is 16.7 Å². The van der Waals surface area contributed by atoms with Crippen molar-refractivity contribution in [2.45, 2.75) is 19.4 Å². The molecule has 5 heteroatoms. The van der Waals surface area contributed by atoms with Gasteiger partial charge in [-0.1, -0.05) is 0 Å². The molecule has 0 aromatic heterocycles. The zero-order valence-corrected chi connectivity index (χ0v) is 9.15. The molecule has 3 rings (SSSR count). The number of ether oxygens (including phenoxy) is 2. The zero-order valence-electron chi connectivity index (χ0n) is 9.15. The molecule has 0 bridgehead atoms. The number of rotatable bonds is 2. The van der Waals surface area contributed by atoms with Crippen LogP contribution in [0.4, 0.5) is 0 Å². The van der Waals surface area contributed by atoms with E-state index in [1.165, 1.54) is 6.08 Å². The van der Waals surface area contributed by atoms with Crippen LogP contribution in [0.1, 0.15) is 16.7 Å². The Morgan fingerprint density at radius 2 is 1.88 bits per heavy atom. The predicted octanol–water partition coefficient (Wildman–Crippen LogP) is 1.10. The maximum atomic E-state index is 10.2. The number of aromatic hydroxyl groups is 1. The van der Waals surface area contributed by atoms with Crippen LogP contribution in [-0.2, 0) is 24.2 Å². The van der Waals surface area contributed by atoms with Gasteiger partial charge in [0, 0.05) is 29.5 Å². The van der Waals surface area contributed by atoms with Crippen molar-refractivity contribution in [1.29, 1.82) is 0 Å². The third kappa shape index (κ3) is 1.40. The van der Waals surface area contributed by atoms with E-state index >= 15 is 0 Å². The Morgan fingerprint density at radius 1 is 1.18 bits per heavy atom. The van der Waals surface area contributed by atoms with Crippen molar-refractivity contribution >= 4 is 6.08 Å². The highest BCUT2D eigenvalue weighted by Crippen LogP contribution is 2.48. The van der Waals surface area contributed by atoms with Crippen LogP contribution in [-0.4, -0.2) is 24.4 Å². The van der Waals surface area contributed by atoms with Crippen molar-refractivity contribution in [3.63, 3.8) is 0 Å². The zero-order chi connectivity index (χ0) is 11.8. The standard InChI is InChI=1S/C12H11NO4/c14-6-13-5-9-7-1-3-17-12(7)10(15)8-2-4-16-11(8)9/h15H,1-5H2. The summed E-state index contributed by atoms with van der Waals surface area (Å²) in [5, 5.41) is 10.1. The second-order valence-electron chi connectivity index (χ2n) is 4.05. The van der Waals surface area contributed by atoms with Gasteiger partial charge in [0.25, 0.3) is 0 Å². The molecule has 2 heterocycles. The van der Waals surface area contributed by atoms with E-state index in [2.05, 4.69) is 4.99 Å². The molecule has 0 amide bonds. The lowest BCUT2D eigenvalue weighted by molar-refractivity contribution is 0.333. The van der Waals surface area contributed by atoms with E-state index in [-0.39, 0.29) is 12.3 Å². The normalized spacial score (nSPS) is 15.5. The van der Waals surface area contributed by atoms with Crippen LogP contribution in [0.3, 0.4) is 0 Å². The minimum absolute atomic E-state index is 0.184. The van der Waals surface area contributed by atoms with Gasteiger partial charge in [0.1, 0.15) is 5.75 Å². The number of aliphatic imine (C=N–C) groups is 1. The van der Waals surface area contributed by atoms with Gasteiger partial charge in [-0.05, 0) is 0 Å². The molecular weight excluding hydrogens is 222 g/mol. The molecule has 5 nitrogen and oxygen atoms in total. The van der Waals surface area contributed by atoms with Crippen molar-refractivity contribution in [1.82, 2.24) is 0 Å². The van der Waals surface area contributed by atoms with Gasteiger partial charge < -0.3 is 14.6 Å². The van der Waals surface area contributed by atoms with Gasteiger partial charge in [-0.15, -0.1) is 0 Å². The highest BCUT2D eigenvalue weighted by atomic mass is 16.5. The van der Waals surface area contributed by atoms with Crippen LogP contribution in [0.25, 0.3) is 0 Å². The van der Waals surface area contributed by atoms with E-state index in [0.717, 1.165) is 16.7 Å². The van der Waals surface area contributed by atoms with Crippen LogP contribution >= 0.6 is 0 Å². The molecule has 88 valence electrons. The lowest BCUT2D eigenvalue weighted by Gasteiger charge is -2.12. The average molecular weight is 233 g/mol. The van der Waals surface area contributed by atoms with E-state index in [1.807, 2.05) is 0 Å². The first kappa shape index (κ1) is 10.2. The van der Waals surface area contributed by atoms with Crippen molar-refractivity contribution in [3.8, 4) is 17.2 Å². The van der Waals surface area contributed by atoms with Gasteiger partial charge in [-0.25, -0.2) is 9.79 Å². The summed E-state index contributed by atoms with van der Waals surface area (Å²) in [6, 6.07) is 0. The second-order valence-corrected chi connectivity index (χ2v) is 4.05. The van der Waals surface area contributed by atoms with Crippen molar-refractivity contribution in [2.24, 2.45) is 4.99 Å². The lowest BCUT2D eigenvalue weighted by Crippen LogP contribution is -1.96. The summed E-state index contributed by atoms with van der Waals surface area (Å²) in [6.45, 7) is 1.32. The SMILES string of the molecule is O=C=NCc1c2c(c(O)c3c1OCC3)OCC2. The smallest absolute Gasteiger partial charge is 0.235 e. The minimum Gasteiger partial charge on any atom is -0.504 e. The number of carbonyl (C=O) groups excluding carboxylic acids is 1. The summed E-state index contributed by atoms with van der Waals surface area (Å²) in [6.07, 6.45) is 2.90. The Balaban J connectivity index is 2.22. The summed E-state index contributed by atoms with van der Waals surface area (Å²) >= 11 is 0. The summed E-state index contributed by atoms with van der Waals surface area (Å²) in [4.78, 5) is 13.8. The molecule has 1 aromatic carbocycles. The van der Waals surface area contributed by atoms with E-state index in [4.69, 9.17) is 9.47 Å². The maximum Gasteiger partial charge on any atom is 0.235 e. The number of nitrogens with zero attached hydrogens (tertiary/aromatic N) is 1. The monoisotopic (exact) mass is 233 g/mol. The number of hydrogen-bond donors (Lipinski definition) is 1. The molecular formula is C12H11NO4. The highest BCUT2D eigenvalue weighted by Gasteiger charge is 2.31. The fourth-order valence-electron chi connectivity index (χ4n) is 2.46. The highest BCUT2D eigenvalue weighted by molar-refractivity contribution is 5.65. The average Bonchev–Trinajstić information content (AvgIpc) is 2.97. The summed E-state index contributed by atoms with van der Waals surface area (Å²) in [5.74, 6) is 1.39. The largest absolute Gasteiger partial charge is 0.504 e. The molecule has 0 spiro atoms. The van der Waals surface area contributed by atoms with E-state index in [9.17, 15) is 9.90 Å². The molecule has 2 aliphatic rings. The topological polar surface area (TPSA) is 68.1 Å². The molecule has 0 aliphatic carbocycles. The Hall–Kier alpha value is -2.00. The third-order valence-electron chi connectivity index (χ3n) is 3.19. The third-order valence-corrected chi connectivity index (χ3v) is 3.19. The number of benzene rings is 1. The van der Waals surface area contributed by atoms with Crippen LogP contribution in [0, 0.1) is 0 Å². The Labute approximate surface area is 97.7 Å². The fraction of sp³-hybridized carbons (Fsp3) is 0.417. The van der Waals surface area contributed by atoms with Gasteiger partial charge in [-0.3, -0.25) is 0 Å². The number of phenols is 1. The molecule has 0 saturated heterocycles. The summed E-state index contributed by atoms with van der Waals surface area (Å²) in [7, 11) is 0. The quantitative estimate of drug-likeness (QED) is 0.613. The van der Waals surface area contributed by atoms with Crippen LogP contribution < -0.4 is 9.47 Å². The molecule has 1 N–H and O–H groups in total. The molecule has 0 saturated carbocycles. The molecule has 0 atom stereocenters. The summed E-state index contributed by atoms with van der Waals surface area (Å²) in [5.41, 5.74) is 2.52. The molecule has 17 heavy (non-hydrogen) atoms. The summed E-state index contributed by atoms with van der Waals surface area (Å²) < 4.78 is 11.0. The molecule has 2 aliphatic heterocycles. The number of fused-ring (bicyclic) bond motifs is 2. The Morgan fingerprint density at radius 3 is 2.65 bits per heavy atom. The second kappa shape index (κ2) is 3.79. The Bertz CT molecular complexity index is 497. The Kier molecular flexibility index (Phi) is 2.27. The van der Waals surface area contributed by atoms with E-state index in [0.29, 0.717) is 37.6 Å². The molecule has 0 fully saturated rings. The number of hydrogen-bond acceptors (Lipinski definition) is 5. The van der Waals surface area contributed by atoms with E-state index in [1.54, 1.807) is 0 Å². The first-order chi connectivity index (χ1) is 8.33. The van der Waals surface area contributed by atoms with Gasteiger partial charge in [0.15, 0.2) is 11.5 Å². The van der Waals surface area contributed by atoms with Crippen LogP contribution in [0.15, 0.2) is 4.99 Å². The number of phenolic OH excluding ortho intramolecular Hbond substituents is 1. The first-order valence-corrected chi connectivity index (χ1v) is 5.51. The first-order valence-electron chi connectivity index (χ1n) is 5.51. The van der Waals surface area contributed by atoms with Gasteiger partial charge in [0.2, 0.25) is 6.08 Å². The van der Waals surface area contributed by atoms with Crippen LogP contribution in [0.5, 0.6) is 17.2 Å². The molecule has 1 aromatic rings. The van der Waals surface area contributed by atoms with Crippen LogP contribution in [0.2, 0.25) is 0 Å². The van der Waals surface area contributed by atoms with Gasteiger partial charge >= 0.3 is 0 Å². The van der Waals surface area contributed by atoms with E-state index < -0.39 is 0 Å².